The van der Waals surface area contributed by atoms with Crippen LogP contribution in [0.1, 0.15) is 36.0 Å². The lowest BCUT2D eigenvalue weighted by atomic mass is 10.1. The van der Waals surface area contributed by atoms with Crippen molar-refractivity contribution in [2.45, 2.75) is 38.9 Å². The number of piperidine rings is 1. The van der Waals surface area contributed by atoms with Crippen molar-refractivity contribution in [2.24, 2.45) is 4.99 Å². The summed E-state index contributed by atoms with van der Waals surface area (Å²) in [5.74, 6) is 1.66. The monoisotopic (exact) mass is 380 g/mol. The zero-order chi connectivity index (χ0) is 19.6. The second-order valence-electron chi connectivity index (χ2n) is 7.24. The van der Waals surface area contributed by atoms with Gasteiger partial charge in [-0.3, -0.25) is 9.89 Å². The lowest BCUT2D eigenvalue weighted by Gasteiger charge is -2.26. The van der Waals surface area contributed by atoms with Crippen molar-refractivity contribution in [3.8, 4) is 5.75 Å². The molecule has 1 aliphatic rings. The third-order valence-electron chi connectivity index (χ3n) is 5.20. The first-order valence-corrected chi connectivity index (χ1v) is 10.1. The maximum Gasteiger partial charge on any atom is 0.191 e. The van der Waals surface area contributed by atoms with Crippen molar-refractivity contribution >= 4 is 5.96 Å². The second kappa shape index (κ2) is 10.7. The summed E-state index contributed by atoms with van der Waals surface area (Å²) >= 11 is 0. The van der Waals surface area contributed by atoms with Crippen molar-refractivity contribution in [1.29, 1.82) is 0 Å². The fourth-order valence-electron chi connectivity index (χ4n) is 3.57. The van der Waals surface area contributed by atoms with Crippen LogP contribution in [0.5, 0.6) is 5.75 Å². The molecule has 150 valence electrons. The van der Waals surface area contributed by atoms with Gasteiger partial charge in [0.05, 0.1) is 7.11 Å². The molecular weight excluding hydrogens is 348 g/mol. The Labute approximate surface area is 168 Å². The van der Waals surface area contributed by atoms with Crippen molar-refractivity contribution in [2.75, 3.05) is 27.2 Å². The van der Waals surface area contributed by atoms with Gasteiger partial charge in [-0.05, 0) is 43.1 Å². The highest BCUT2D eigenvalue weighted by molar-refractivity contribution is 5.79. The van der Waals surface area contributed by atoms with Crippen LogP contribution in [0.2, 0.25) is 0 Å². The molecule has 0 aliphatic carbocycles. The number of benzene rings is 2. The van der Waals surface area contributed by atoms with Gasteiger partial charge in [-0.2, -0.15) is 0 Å². The number of guanidine groups is 1. The average molecular weight is 381 g/mol. The highest BCUT2D eigenvalue weighted by Crippen LogP contribution is 2.16. The summed E-state index contributed by atoms with van der Waals surface area (Å²) in [6.45, 7) is 4.94. The van der Waals surface area contributed by atoms with Gasteiger partial charge in [0.25, 0.3) is 0 Å². The van der Waals surface area contributed by atoms with Gasteiger partial charge in [0.2, 0.25) is 0 Å². The smallest absolute Gasteiger partial charge is 0.191 e. The Hall–Kier alpha value is -2.53. The standard InChI is InChI=1S/C23H32N4O/c1-24-23(26-17-21-8-4-5-9-22(21)28-2)25-16-19-10-12-20(13-11-19)18-27-14-6-3-7-15-27/h4-5,8-13H,3,6-7,14-18H2,1-2H3,(H2,24,25,26). The third kappa shape index (κ3) is 5.99. The molecule has 0 saturated carbocycles. The Bertz CT molecular complexity index is 751. The predicted molar refractivity (Wildman–Crippen MR) is 116 cm³/mol. The van der Waals surface area contributed by atoms with Gasteiger partial charge in [0, 0.05) is 32.2 Å². The van der Waals surface area contributed by atoms with E-state index >= 15 is 0 Å². The van der Waals surface area contributed by atoms with Gasteiger partial charge in [0.15, 0.2) is 5.96 Å². The van der Waals surface area contributed by atoms with E-state index in [1.54, 1.807) is 14.2 Å². The lowest BCUT2D eigenvalue weighted by molar-refractivity contribution is 0.221. The zero-order valence-corrected chi connectivity index (χ0v) is 17.1. The molecule has 1 saturated heterocycles. The van der Waals surface area contributed by atoms with Gasteiger partial charge in [0.1, 0.15) is 5.75 Å². The number of hydrogen-bond donors (Lipinski definition) is 2. The quantitative estimate of drug-likeness (QED) is 0.570. The first kappa shape index (κ1) is 20.2. The van der Waals surface area contributed by atoms with Crippen LogP contribution in [0, 0.1) is 0 Å². The molecular formula is C23H32N4O. The highest BCUT2D eigenvalue weighted by atomic mass is 16.5. The summed E-state index contributed by atoms with van der Waals surface area (Å²) in [6, 6.07) is 16.9. The summed E-state index contributed by atoms with van der Waals surface area (Å²) in [5, 5.41) is 6.73. The van der Waals surface area contributed by atoms with Gasteiger partial charge in [-0.1, -0.05) is 48.9 Å². The van der Waals surface area contributed by atoms with Crippen LogP contribution in [-0.4, -0.2) is 38.1 Å². The van der Waals surface area contributed by atoms with Gasteiger partial charge in [-0.25, -0.2) is 0 Å². The molecule has 1 heterocycles. The number of methoxy groups -OCH3 is 1. The third-order valence-corrected chi connectivity index (χ3v) is 5.20. The molecule has 2 aromatic carbocycles. The van der Waals surface area contributed by atoms with E-state index in [1.165, 1.54) is 43.5 Å². The second-order valence-corrected chi connectivity index (χ2v) is 7.24. The fourth-order valence-corrected chi connectivity index (χ4v) is 3.57. The number of nitrogens with one attached hydrogen (secondary N) is 2. The van der Waals surface area contributed by atoms with Crippen LogP contribution in [0.25, 0.3) is 0 Å². The van der Waals surface area contributed by atoms with E-state index in [2.05, 4.69) is 50.9 Å². The molecule has 0 spiro atoms. The minimum absolute atomic E-state index is 0.665. The van der Waals surface area contributed by atoms with Crippen LogP contribution in [0.15, 0.2) is 53.5 Å². The molecule has 5 nitrogen and oxygen atoms in total. The first-order valence-electron chi connectivity index (χ1n) is 10.1. The van der Waals surface area contributed by atoms with Crippen LogP contribution in [0.3, 0.4) is 0 Å². The molecule has 0 atom stereocenters. The number of likely N-dealkylation sites (tertiary alicyclic amines) is 1. The molecule has 1 aliphatic heterocycles. The Morgan fingerprint density at radius 2 is 1.61 bits per heavy atom. The molecule has 3 rings (SSSR count). The minimum atomic E-state index is 0.665. The SMILES string of the molecule is CN=C(NCc1ccc(CN2CCCCC2)cc1)NCc1ccccc1OC. The first-order chi connectivity index (χ1) is 13.8. The molecule has 1 fully saturated rings. The van der Waals surface area contributed by atoms with E-state index in [1.807, 2.05) is 18.2 Å². The summed E-state index contributed by atoms with van der Waals surface area (Å²) in [7, 11) is 3.49. The van der Waals surface area contributed by atoms with Crippen LogP contribution in [-0.2, 0) is 19.6 Å². The molecule has 0 unspecified atom stereocenters. The number of hydrogen-bond acceptors (Lipinski definition) is 3. The Kier molecular flexibility index (Phi) is 7.73. The van der Waals surface area contributed by atoms with Crippen LogP contribution < -0.4 is 15.4 Å². The van der Waals surface area contributed by atoms with Crippen molar-refractivity contribution in [1.82, 2.24) is 15.5 Å². The normalized spacial score (nSPS) is 15.3. The van der Waals surface area contributed by atoms with Crippen molar-refractivity contribution in [3.63, 3.8) is 0 Å². The minimum Gasteiger partial charge on any atom is -0.496 e. The largest absolute Gasteiger partial charge is 0.496 e. The Morgan fingerprint density at radius 1 is 0.929 bits per heavy atom. The van der Waals surface area contributed by atoms with E-state index in [0.29, 0.717) is 6.54 Å². The van der Waals surface area contributed by atoms with E-state index in [0.717, 1.165) is 30.4 Å². The van der Waals surface area contributed by atoms with Gasteiger partial charge in [-0.15, -0.1) is 0 Å². The topological polar surface area (TPSA) is 48.9 Å². The number of para-hydroxylation sites is 1. The van der Waals surface area contributed by atoms with Gasteiger partial charge < -0.3 is 15.4 Å². The lowest BCUT2D eigenvalue weighted by Crippen LogP contribution is -2.36. The fraction of sp³-hybridized carbons (Fsp3) is 0.435. The summed E-state index contributed by atoms with van der Waals surface area (Å²) in [5.41, 5.74) is 3.75. The summed E-state index contributed by atoms with van der Waals surface area (Å²) in [6.07, 6.45) is 4.06. The van der Waals surface area contributed by atoms with Crippen molar-refractivity contribution < 1.29 is 4.74 Å². The number of rotatable bonds is 7. The number of nitrogens with zero attached hydrogens (tertiary/aromatic N) is 2. The van der Waals surface area contributed by atoms with Crippen LogP contribution in [0.4, 0.5) is 0 Å². The zero-order valence-electron chi connectivity index (χ0n) is 17.1. The van der Waals surface area contributed by atoms with Crippen molar-refractivity contribution in [3.05, 3.63) is 65.2 Å². The Morgan fingerprint density at radius 3 is 2.32 bits per heavy atom. The van der Waals surface area contributed by atoms with E-state index in [-0.39, 0.29) is 0 Å². The molecule has 2 N–H and O–H groups in total. The maximum atomic E-state index is 5.40. The van der Waals surface area contributed by atoms with Crippen LogP contribution >= 0.6 is 0 Å². The number of aliphatic imine (C=N–C) groups is 1. The molecule has 0 bridgehead atoms. The molecule has 2 aromatic rings. The van der Waals surface area contributed by atoms with Gasteiger partial charge >= 0.3 is 0 Å². The van der Waals surface area contributed by atoms with E-state index in [4.69, 9.17) is 4.74 Å². The predicted octanol–water partition coefficient (Wildman–Crippen LogP) is 3.55. The maximum absolute atomic E-state index is 5.40. The summed E-state index contributed by atoms with van der Waals surface area (Å²) < 4.78 is 5.40. The van der Waals surface area contributed by atoms with E-state index < -0.39 is 0 Å². The average Bonchev–Trinajstić information content (AvgIpc) is 2.76. The molecule has 0 amide bonds. The molecule has 0 radical (unpaired) electrons. The van der Waals surface area contributed by atoms with E-state index in [9.17, 15) is 0 Å². The molecule has 28 heavy (non-hydrogen) atoms. The number of ether oxygens (including phenoxy) is 1. The summed E-state index contributed by atoms with van der Waals surface area (Å²) in [4.78, 5) is 6.87. The molecule has 0 aromatic heterocycles. The Balaban J connectivity index is 1.46. The molecule has 5 heteroatoms. The highest BCUT2D eigenvalue weighted by Gasteiger charge is 2.10.